The lowest BCUT2D eigenvalue weighted by atomic mass is 10.5. The number of carbonyl (C=O) groups is 1. The standard InChI is InChI=1S/C8H9N5O3/c1-2-7-9-6(11-16-7)4-13-3-5(8(14)15)10-12-13/h3H,2,4H2,1H3,(H,14,15). The molecule has 0 aliphatic carbocycles. The van der Waals surface area contributed by atoms with E-state index in [2.05, 4.69) is 20.5 Å². The zero-order valence-electron chi connectivity index (χ0n) is 8.49. The van der Waals surface area contributed by atoms with Crippen LogP contribution >= 0.6 is 0 Å². The van der Waals surface area contributed by atoms with Crippen LogP contribution in [0.2, 0.25) is 0 Å². The molecule has 2 heterocycles. The first-order chi connectivity index (χ1) is 7.69. The van der Waals surface area contributed by atoms with Crippen molar-refractivity contribution in [3.05, 3.63) is 23.6 Å². The minimum atomic E-state index is -1.12. The Morgan fingerprint density at radius 2 is 2.44 bits per heavy atom. The van der Waals surface area contributed by atoms with E-state index >= 15 is 0 Å². The molecule has 0 spiro atoms. The van der Waals surface area contributed by atoms with Gasteiger partial charge in [-0.2, -0.15) is 4.98 Å². The van der Waals surface area contributed by atoms with Gasteiger partial charge in [-0.25, -0.2) is 9.48 Å². The summed E-state index contributed by atoms with van der Waals surface area (Å²) in [6.45, 7) is 2.14. The largest absolute Gasteiger partial charge is 0.476 e. The summed E-state index contributed by atoms with van der Waals surface area (Å²) in [6.07, 6.45) is 1.97. The number of carboxylic acid groups (broad SMARTS) is 1. The molecule has 8 nitrogen and oxygen atoms in total. The molecule has 16 heavy (non-hydrogen) atoms. The molecular formula is C8H9N5O3. The number of rotatable bonds is 4. The summed E-state index contributed by atoms with van der Waals surface area (Å²) in [5, 5.41) is 19.5. The van der Waals surface area contributed by atoms with Crippen LogP contribution in [-0.2, 0) is 13.0 Å². The summed E-state index contributed by atoms with van der Waals surface area (Å²) >= 11 is 0. The molecule has 0 saturated heterocycles. The third kappa shape index (κ3) is 2.05. The van der Waals surface area contributed by atoms with E-state index in [1.165, 1.54) is 10.9 Å². The van der Waals surface area contributed by atoms with E-state index < -0.39 is 5.97 Å². The Bertz CT molecular complexity index is 503. The minimum Gasteiger partial charge on any atom is -0.476 e. The van der Waals surface area contributed by atoms with E-state index in [-0.39, 0.29) is 12.2 Å². The number of hydrogen-bond donors (Lipinski definition) is 1. The van der Waals surface area contributed by atoms with Crippen LogP contribution in [0, 0.1) is 0 Å². The Kier molecular flexibility index (Phi) is 2.63. The minimum absolute atomic E-state index is 0.112. The molecule has 0 fully saturated rings. The molecule has 8 heteroatoms. The van der Waals surface area contributed by atoms with Crippen LogP contribution in [0.1, 0.15) is 29.1 Å². The van der Waals surface area contributed by atoms with Crippen LogP contribution in [0.25, 0.3) is 0 Å². The van der Waals surface area contributed by atoms with Crippen molar-refractivity contribution in [3.63, 3.8) is 0 Å². The van der Waals surface area contributed by atoms with Gasteiger partial charge in [0.05, 0.1) is 6.20 Å². The predicted molar refractivity (Wildman–Crippen MR) is 49.8 cm³/mol. The van der Waals surface area contributed by atoms with Crippen LogP contribution in [-0.4, -0.2) is 36.2 Å². The lowest BCUT2D eigenvalue weighted by Crippen LogP contribution is -2.02. The fraction of sp³-hybridized carbons (Fsp3) is 0.375. The van der Waals surface area contributed by atoms with Crippen LogP contribution in [0.5, 0.6) is 0 Å². The van der Waals surface area contributed by atoms with Gasteiger partial charge in [0.15, 0.2) is 11.5 Å². The van der Waals surface area contributed by atoms with Gasteiger partial charge in [0, 0.05) is 6.42 Å². The number of aryl methyl sites for hydroxylation is 1. The second-order valence-corrected chi connectivity index (χ2v) is 3.06. The summed E-state index contributed by atoms with van der Waals surface area (Å²) in [6, 6.07) is 0. The molecule has 0 radical (unpaired) electrons. The highest BCUT2D eigenvalue weighted by Crippen LogP contribution is 2.00. The van der Waals surface area contributed by atoms with Gasteiger partial charge in [0.25, 0.3) is 0 Å². The number of carboxylic acids is 1. The second kappa shape index (κ2) is 4.09. The number of hydrogen-bond acceptors (Lipinski definition) is 6. The topological polar surface area (TPSA) is 107 Å². The highest BCUT2D eigenvalue weighted by Gasteiger charge is 2.10. The quantitative estimate of drug-likeness (QED) is 0.775. The monoisotopic (exact) mass is 223 g/mol. The Balaban J connectivity index is 2.11. The van der Waals surface area contributed by atoms with Gasteiger partial charge in [0.1, 0.15) is 6.54 Å². The summed E-state index contributed by atoms with van der Waals surface area (Å²) in [4.78, 5) is 14.6. The maximum Gasteiger partial charge on any atom is 0.358 e. The van der Waals surface area contributed by atoms with Gasteiger partial charge in [0.2, 0.25) is 5.89 Å². The zero-order chi connectivity index (χ0) is 11.5. The van der Waals surface area contributed by atoms with Crippen molar-refractivity contribution in [2.45, 2.75) is 19.9 Å². The molecule has 0 bridgehead atoms. The highest BCUT2D eigenvalue weighted by molar-refractivity contribution is 5.84. The lowest BCUT2D eigenvalue weighted by molar-refractivity contribution is 0.0690. The van der Waals surface area contributed by atoms with E-state index in [0.717, 1.165) is 0 Å². The molecule has 0 aromatic carbocycles. The summed E-state index contributed by atoms with van der Waals surface area (Å²) < 4.78 is 6.24. The van der Waals surface area contributed by atoms with Crippen molar-refractivity contribution >= 4 is 5.97 Å². The van der Waals surface area contributed by atoms with Gasteiger partial charge in [-0.3, -0.25) is 0 Å². The molecule has 2 rings (SSSR count). The van der Waals surface area contributed by atoms with Crippen molar-refractivity contribution in [3.8, 4) is 0 Å². The maximum absolute atomic E-state index is 10.6. The molecule has 2 aromatic rings. The maximum atomic E-state index is 10.6. The average Bonchev–Trinajstić information content (AvgIpc) is 2.87. The average molecular weight is 223 g/mol. The zero-order valence-corrected chi connectivity index (χ0v) is 8.49. The molecule has 0 atom stereocenters. The van der Waals surface area contributed by atoms with Gasteiger partial charge in [-0.15, -0.1) is 5.10 Å². The van der Waals surface area contributed by atoms with E-state index in [0.29, 0.717) is 18.1 Å². The second-order valence-electron chi connectivity index (χ2n) is 3.06. The fourth-order valence-corrected chi connectivity index (χ4v) is 1.12. The normalized spacial score (nSPS) is 10.6. The van der Waals surface area contributed by atoms with Gasteiger partial charge >= 0.3 is 5.97 Å². The van der Waals surface area contributed by atoms with Gasteiger partial charge < -0.3 is 9.63 Å². The Morgan fingerprint density at radius 3 is 3.00 bits per heavy atom. The van der Waals surface area contributed by atoms with Crippen molar-refractivity contribution < 1.29 is 14.4 Å². The molecule has 0 aliphatic heterocycles. The van der Waals surface area contributed by atoms with Crippen LogP contribution in [0.15, 0.2) is 10.7 Å². The fourth-order valence-electron chi connectivity index (χ4n) is 1.12. The molecule has 0 saturated carbocycles. The first kappa shape index (κ1) is 10.3. The van der Waals surface area contributed by atoms with E-state index in [1.807, 2.05) is 6.92 Å². The van der Waals surface area contributed by atoms with E-state index in [9.17, 15) is 4.79 Å². The Labute approximate surface area is 89.9 Å². The lowest BCUT2D eigenvalue weighted by Gasteiger charge is -1.91. The van der Waals surface area contributed by atoms with Crippen molar-refractivity contribution in [2.24, 2.45) is 0 Å². The summed E-state index contributed by atoms with van der Waals surface area (Å²) in [7, 11) is 0. The molecule has 0 amide bonds. The van der Waals surface area contributed by atoms with Crippen molar-refractivity contribution in [1.82, 2.24) is 25.1 Å². The van der Waals surface area contributed by atoms with E-state index in [4.69, 9.17) is 9.63 Å². The third-order valence-corrected chi connectivity index (χ3v) is 1.87. The number of aromatic nitrogens is 5. The molecule has 1 N–H and O–H groups in total. The molecule has 2 aromatic heterocycles. The van der Waals surface area contributed by atoms with Crippen LogP contribution in [0.4, 0.5) is 0 Å². The molecule has 0 unspecified atom stereocenters. The third-order valence-electron chi connectivity index (χ3n) is 1.87. The first-order valence-corrected chi connectivity index (χ1v) is 4.64. The van der Waals surface area contributed by atoms with Crippen molar-refractivity contribution in [2.75, 3.05) is 0 Å². The number of nitrogens with zero attached hydrogens (tertiary/aromatic N) is 5. The summed E-state index contributed by atoms with van der Waals surface area (Å²) in [5.74, 6) is -0.138. The highest BCUT2D eigenvalue weighted by atomic mass is 16.5. The van der Waals surface area contributed by atoms with E-state index in [1.54, 1.807) is 0 Å². The number of aromatic carboxylic acids is 1. The SMILES string of the molecule is CCc1nc(Cn2cc(C(=O)O)nn2)no1. The Hall–Kier alpha value is -2.25. The molecular weight excluding hydrogens is 214 g/mol. The first-order valence-electron chi connectivity index (χ1n) is 4.64. The summed E-state index contributed by atoms with van der Waals surface area (Å²) in [5.41, 5.74) is -0.112. The van der Waals surface area contributed by atoms with Gasteiger partial charge in [-0.05, 0) is 0 Å². The molecule has 0 aliphatic rings. The van der Waals surface area contributed by atoms with Crippen LogP contribution < -0.4 is 0 Å². The Morgan fingerprint density at radius 1 is 1.62 bits per heavy atom. The van der Waals surface area contributed by atoms with Gasteiger partial charge in [-0.1, -0.05) is 17.3 Å². The predicted octanol–water partition coefficient (Wildman–Crippen LogP) is -0.0300. The smallest absolute Gasteiger partial charge is 0.358 e. The van der Waals surface area contributed by atoms with Crippen LogP contribution in [0.3, 0.4) is 0 Å². The molecule has 84 valence electrons. The van der Waals surface area contributed by atoms with Crippen molar-refractivity contribution in [1.29, 1.82) is 0 Å².